The summed E-state index contributed by atoms with van der Waals surface area (Å²) in [5.74, 6) is 1.11. The lowest BCUT2D eigenvalue weighted by Gasteiger charge is -2.13. The summed E-state index contributed by atoms with van der Waals surface area (Å²) in [4.78, 5) is 11.8. The fourth-order valence-corrected chi connectivity index (χ4v) is 3.57. The lowest BCUT2D eigenvalue weighted by atomic mass is 10.1. The molecule has 0 spiro atoms. The second-order valence-corrected chi connectivity index (χ2v) is 8.86. The van der Waals surface area contributed by atoms with Crippen molar-refractivity contribution in [1.82, 2.24) is 0 Å². The lowest BCUT2D eigenvalue weighted by Crippen LogP contribution is -2.23. The van der Waals surface area contributed by atoms with Crippen LogP contribution in [0.15, 0.2) is 61.2 Å². The average molecular weight is 499 g/mol. The van der Waals surface area contributed by atoms with Gasteiger partial charge in [-0.15, -0.1) is 0 Å². The molecule has 1 atom stereocenters. The monoisotopic (exact) mass is 498 g/mol. The molecule has 0 amide bonds. The molecule has 0 bridgehead atoms. The quantitative estimate of drug-likeness (QED) is 0.127. The summed E-state index contributed by atoms with van der Waals surface area (Å²) in [5.41, 5.74) is 1.37. The fourth-order valence-electron chi connectivity index (χ4n) is 3.57. The van der Waals surface area contributed by atoms with Crippen LogP contribution in [0.4, 0.5) is 0 Å². The molecule has 0 saturated heterocycles. The number of aliphatic hydroxyl groups is 1. The number of rotatable bonds is 20. The molecule has 0 aromatic heterocycles. The van der Waals surface area contributed by atoms with Gasteiger partial charge in [-0.2, -0.15) is 0 Å². The summed E-state index contributed by atoms with van der Waals surface area (Å²) in [6, 6.07) is 14.4. The molecule has 2 aromatic carbocycles. The number of esters is 1. The van der Waals surface area contributed by atoms with E-state index in [0.717, 1.165) is 24.3 Å². The zero-order chi connectivity index (χ0) is 25.8. The fraction of sp³-hybridized carbons (Fsp3) is 0.500. The highest BCUT2D eigenvalue weighted by Gasteiger charge is 2.08. The number of unbranched alkanes of at least 4 members (excludes halogenated alkanes) is 7. The van der Waals surface area contributed by atoms with Gasteiger partial charge in [0.15, 0.2) is 0 Å². The SMILES string of the molecule is C=CCOC(=O)c1ccc(COCC(O)COc2ccc(OCCCCCCCCCC)cc2)cc1. The van der Waals surface area contributed by atoms with E-state index in [9.17, 15) is 9.90 Å². The lowest BCUT2D eigenvalue weighted by molar-refractivity contribution is 0.00548. The second kappa shape index (κ2) is 18.4. The highest BCUT2D eigenvalue weighted by molar-refractivity contribution is 5.89. The molecule has 0 radical (unpaired) electrons. The van der Waals surface area contributed by atoms with Crippen molar-refractivity contribution in [3.63, 3.8) is 0 Å². The standard InChI is InChI=1S/C30H42O6/c1-3-5-6-7-8-9-10-11-21-34-28-16-18-29(19-17-28)36-24-27(31)23-33-22-25-12-14-26(15-13-25)30(32)35-20-4-2/h4,12-19,27,31H,2-3,5-11,20-24H2,1H3. The number of ether oxygens (including phenoxy) is 4. The number of hydrogen-bond donors (Lipinski definition) is 1. The van der Waals surface area contributed by atoms with Crippen LogP contribution in [-0.4, -0.2) is 43.6 Å². The van der Waals surface area contributed by atoms with Gasteiger partial charge in [0.25, 0.3) is 0 Å². The third kappa shape index (κ3) is 12.8. The van der Waals surface area contributed by atoms with Crippen LogP contribution in [0.3, 0.4) is 0 Å². The second-order valence-electron chi connectivity index (χ2n) is 8.86. The minimum absolute atomic E-state index is 0.131. The van der Waals surface area contributed by atoms with Crippen LogP contribution in [0.2, 0.25) is 0 Å². The predicted octanol–water partition coefficient (Wildman–Crippen LogP) is 6.51. The minimum atomic E-state index is -0.754. The van der Waals surface area contributed by atoms with E-state index in [2.05, 4.69) is 13.5 Å². The Morgan fingerprint density at radius 2 is 1.47 bits per heavy atom. The zero-order valence-electron chi connectivity index (χ0n) is 21.7. The van der Waals surface area contributed by atoms with Crippen LogP contribution in [0.1, 0.15) is 74.2 Å². The van der Waals surface area contributed by atoms with Crippen LogP contribution < -0.4 is 9.47 Å². The first-order valence-electron chi connectivity index (χ1n) is 13.1. The maximum Gasteiger partial charge on any atom is 0.338 e. The third-order valence-corrected chi connectivity index (χ3v) is 5.63. The summed E-state index contributed by atoms with van der Waals surface area (Å²) in [5, 5.41) is 10.1. The Balaban J connectivity index is 1.55. The van der Waals surface area contributed by atoms with Crippen molar-refractivity contribution in [1.29, 1.82) is 0 Å². The van der Waals surface area contributed by atoms with E-state index < -0.39 is 12.1 Å². The Labute approximate surface area is 216 Å². The van der Waals surface area contributed by atoms with Gasteiger partial charge in [-0.25, -0.2) is 4.79 Å². The van der Waals surface area contributed by atoms with Gasteiger partial charge in [-0.3, -0.25) is 0 Å². The van der Waals surface area contributed by atoms with E-state index in [1.54, 1.807) is 24.3 Å². The van der Waals surface area contributed by atoms with Gasteiger partial charge in [-0.1, -0.05) is 76.7 Å². The largest absolute Gasteiger partial charge is 0.494 e. The molecule has 6 heteroatoms. The van der Waals surface area contributed by atoms with Crippen molar-refractivity contribution >= 4 is 5.97 Å². The normalized spacial score (nSPS) is 11.6. The highest BCUT2D eigenvalue weighted by Crippen LogP contribution is 2.18. The molecule has 6 nitrogen and oxygen atoms in total. The maximum absolute atomic E-state index is 11.8. The first kappa shape index (κ1) is 29.4. The smallest absolute Gasteiger partial charge is 0.338 e. The predicted molar refractivity (Wildman–Crippen MR) is 143 cm³/mol. The van der Waals surface area contributed by atoms with Crippen LogP contribution in [0.5, 0.6) is 11.5 Å². The molecule has 0 heterocycles. The van der Waals surface area contributed by atoms with Gasteiger partial charge in [-0.05, 0) is 48.4 Å². The van der Waals surface area contributed by atoms with Crippen molar-refractivity contribution < 1.29 is 28.8 Å². The molecular formula is C30H42O6. The topological polar surface area (TPSA) is 74.2 Å². The maximum atomic E-state index is 11.8. The molecule has 0 aliphatic rings. The van der Waals surface area contributed by atoms with E-state index in [1.807, 2.05) is 24.3 Å². The van der Waals surface area contributed by atoms with Crippen LogP contribution in [-0.2, 0) is 16.1 Å². The Hall–Kier alpha value is -2.83. The molecule has 0 saturated carbocycles. The van der Waals surface area contributed by atoms with Crippen molar-refractivity contribution in [3.8, 4) is 11.5 Å². The molecule has 1 unspecified atom stereocenters. The van der Waals surface area contributed by atoms with Gasteiger partial charge in [0.2, 0.25) is 0 Å². The van der Waals surface area contributed by atoms with E-state index in [0.29, 0.717) is 17.9 Å². The summed E-state index contributed by atoms with van der Waals surface area (Å²) < 4.78 is 22.0. The molecule has 0 aliphatic carbocycles. The molecular weight excluding hydrogens is 456 g/mol. The van der Waals surface area contributed by atoms with Gasteiger partial charge in [0, 0.05) is 0 Å². The van der Waals surface area contributed by atoms with Gasteiger partial charge >= 0.3 is 5.97 Å². The molecule has 0 aliphatic heterocycles. The minimum Gasteiger partial charge on any atom is -0.494 e. The van der Waals surface area contributed by atoms with Gasteiger partial charge < -0.3 is 24.1 Å². The summed E-state index contributed by atoms with van der Waals surface area (Å²) >= 11 is 0. The Kier molecular flexibility index (Phi) is 15.1. The van der Waals surface area contributed by atoms with Crippen LogP contribution >= 0.6 is 0 Å². The number of hydrogen-bond acceptors (Lipinski definition) is 6. The van der Waals surface area contributed by atoms with Crippen molar-refractivity contribution in [2.75, 3.05) is 26.4 Å². The van der Waals surface area contributed by atoms with E-state index >= 15 is 0 Å². The van der Waals surface area contributed by atoms with Crippen LogP contribution in [0.25, 0.3) is 0 Å². The molecule has 2 rings (SSSR count). The summed E-state index contributed by atoms with van der Waals surface area (Å²) in [7, 11) is 0. The number of benzene rings is 2. The molecule has 0 fully saturated rings. The van der Waals surface area contributed by atoms with Crippen LogP contribution in [0, 0.1) is 0 Å². The Bertz CT molecular complexity index is 847. The van der Waals surface area contributed by atoms with E-state index in [4.69, 9.17) is 18.9 Å². The highest BCUT2D eigenvalue weighted by atomic mass is 16.5. The molecule has 2 aromatic rings. The summed E-state index contributed by atoms with van der Waals surface area (Å²) in [6.45, 7) is 7.27. The number of carbonyl (C=O) groups is 1. The Morgan fingerprint density at radius 1 is 0.861 bits per heavy atom. The third-order valence-electron chi connectivity index (χ3n) is 5.63. The van der Waals surface area contributed by atoms with E-state index in [-0.39, 0.29) is 19.8 Å². The zero-order valence-corrected chi connectivity index (χ0v) is 21.7. The molecule has 36 heavy (non-hydrogen) atoms. The van der Waals surface area contributed by atoms with Crippen molar-refractivity contribution in [2.45, 2.75) is 71.0 Å². The Morgan fingerprint density at radius 3 is 2.11 bits per heavy atom. The van der Waals surface area contributed by atoms with Gasteiger partial charge in [0.1, 0.15) is 30.8 Å². The first-order chi connectivity index (χ1) is 17.6. The molecule has 198 valence electrons. The number of aliphatic hydroxyl groups excluding tert-OH is 1. The van der Waals surface area contributed by atoms with Crippen molar-refractivity contribution in [2.24, 2.45) is 0 Å². The number of carbonyl (C=O) groups excluding carboxylic acids is 1. The molecule has 1 N–H and O–H groups in total. The van der Waals surface area contributed by atoms with E-state index in [1.165, 1.54) is 51.0 Å². The van der Waals surface area contributed by atoms with Crippen molar-refractivity contribution in [3.05, 3.63) is 72.3 Å². The average Bonchev–Trinajstić information content (AvgIpc) is 2.90. The first-order valence-corrected chi connectivity index (χ1v) is 13.1. The van der Waals surface area contributed by atoms with Gasteiger partial charge in [0.05, 0.1) is 25.4 Å². The summed E-state index contributed by atoms with van der Waals surface area (Å²) in [6.07, 6.45) is 11.0.